The number of hydrogen-bond donors (Lipinski definition) is 1. The fourth-order valence-corrected chi connectivity index (χ4v) is 4.40. The van der Waals surface area contributed by atoms with Gasteiger partial charge in [0.25, 0.3) is 0 Å². The molecule has 2 heterocycles. The maximum absolute atomic E-state index is 11.5. The summed E-state index contributed by atoms with van der Waals surface area (Å²) in [5.74, 6) is 0.242. The fourth-order valence-electron chi connectivity index (χ4n) is 4.40. The van der Waals surface area contributed by atoms with E-state index in [0.717, 1.165) is 32.1 Å². The van der Waals surface area contributed by atoms with E-state index in [9.17, 15) is 9.90 Å². The molecule has 5 heteroatoms. The monoisotopic (exact) mass is 312 g/mol. The summed E-state index contributed by atoms with van der Waals surface area (Å²) in [6.45, 7) is 2.86. The zero-order valence-corrected chi connectivity index (χ0v) is 13.5. The summed E-state index contributed by atoms with van der Waals surface area (Å²) < 4.78 is 5.31. The first-order chi connectivity index (χ1) is 10.6. The number of carbonyl (C=O) groups excluding carboxylic acids is 1. The molecule has 5 nitrogen and oxygen atoms in total. The quantitative estimate of drug-likeness (QED) is 0.445. The topological polar surface area (TPSA) is 65.0 Å². The van der Waals surface area contributed by atoms with Crippen LogP contribution in [0, 0.1) is 11.8 Å². The minimum Gasteiger partial charge on any atom is -0.462 e. The van der Waals surface area contributed by atoms with E-state index in [1.165, 1.54) is 12.8 Å². The second-order valence-corrected chi connectivity index (χ2v) is 7.20. The van der Waals surface area contributed by atoms with Gasteiger partial charge in [-0.25, -0.2) is 9.78 Å². The Balaban J connectivity index is 1.56. The average Bonchev–Trinajstić information content (AvgIpc) is 3.13. The van der Waals surface area contributed by atoms with Crippen LogP contribution >= 0.6 is 0 Å². The standard InChI is InChI=1S/C17H28O5/c1-2-3-4-6-17(8-9-20-22-17)7-5-12-13-10-16(19)21-15(13)11-14(12)18/h12-15,18H,2-11H2,1H3/t12-,13-,14-,15+,17?/m1/s1. The van der Waals surface area contributed by atoms with Crippen LogP contribution in [0.3, 0.4) is 0 Å². The molecule has 0 aromatic carbocycles. The molecule has 1 aliphatic carbocycles. The van der Waals surface area contributed by atoms with Crippen LogP contribution in [0.5, 0.6) is 0 Å². The summed E-state index contributed by atoms with van der Waals surface area (Å²) in [5, 5.41) is 10.3. The number of aliphatic hydroxyl groups excluding tert-OH is 1. The van der Waals surface area contributed by atoms with Crippen LogP contribution in [0.25, 0.3) is 0 Å². The molecule has 3 rings (SSSR count). The smallest absolute Gasteiger partial charge is 0.306 e. The van der Waals surface area contributed by atoms with Gasteiger partial charge in [0.05, 0.1) is 19.1 Å². The zero-order valence-electron chi connectivity index (χ0n) is 13.5. The number of ether oxygens (including phenoxy) is 1. The van der Waals surface area contributed by atoms with Crippen LogP contribution in [0.4, 0.5) is 0 Å². The first kappa shape index (κ1) is 16.2. The minimum absolute atomic E-state index is 0.0655. The van der Waals surface area contributed by atoms with Gasteiger partial charge in [0.2, 0.25) is 0 Å². The largest absolute Gasteiger partial charge is 0.462 e. The lowest BCUT2D eigenvalue weighted by atomic mass is 9.81. The van der Waals surface area contributed by atoms with Gasteiger partial charge in [0.15, 0.2) is 0 Å². The highest BCUT2D eigenvalue weighted by Gasteiger charge is 2.50. The molecule has 3 fully saturated rings. The van der Waals surface area contributed by atoms with E-state index in [2.05, 4.69) is 6.92 Å². The van der Waals surface area contributed by atoms with Gasteiger partial charge in [0.1, 0.15) is 11.7 Å². The Morgan fingerprint density at radius 1 is 1.32 bits per heavy atom. The SMILES string of the molecule is CCCCCC1(CC[C@@H]2[C@H]3CC(=O)O[C@H]3C[C@H]2O)CCOO1. The predicted octanol–water partition coefficient (Wildman–Crippen LogP) is 2.75. The maximum Gasteiger partial charge on any atom is 0.306 e. The first-order valence-corrected chi connectivity index (χ1v) is 8.82. The number of fused-ring (bicyclic) bond motifs is 1. The van der Waals surface area contributed by atoms with Crippen LogP contribution in [0.1, 0.15) is 64.7 Å². The molecule has 22 heavy (non-hydrogen) atoms. The van der Waals surface area contributed by atoms with E-state index < -0.39 is 0 Å². The van der Waals surface area contributed by atoms with Gasteiger partial charge in [0, 0.05) is 18.8 Å². The molecule has 0 bridgehead atoms. The van der Waals surface area contributed by atoms with Crippen molar-refractivity contribution >= 4 is 5.97 Å². The molecule has 0 aromatic rings. The Labute approximate surface area is 132 Å². The molecule has 1 saturated carbocycles. The normalized spacial score (nSPS) is 40.9. The summed E-state index contributed by atoms with van der Waals surface area (Å²) in [4.78, 5) is 22.3. The van der Waals surface area contributed by atoms with Crippen LogP contribution in [0.2, 0.25) is 0 Å². The lowest BCUT2D eigenvalue weighted by Gasteiger charge is -2.29. The van der Waals surface area contributed by atoms with Crippen molar-refractivity contribution in [1.29, 1.82) is 0 Å². The van der Waals surface area contributed by atoms with Gasteiger partial charge >= 0.3 is 5.97 Å². The van der Waals surface area contributed by atoms with Crippen molar-refractivity contribution in [3.8, 4) is 0 Å². The van der Waals surface area contributed by atoms with Crippen LogP contribution in [0.15, 0.2) is 0 Å². The van der Waals surface area contributed by atoms with Crippen LogP contribution in [-0.2, 0) is 19.3 Å². The molecule has 0 spiro atoms. The molecule has 126 valence electrons. The molecule has 2 aliphatic heterocycles. The lowest BCUT2D eigenvalue weighted by Crippen LogP contribution is -2.31. The summed E-state index contributed by atoms with van der Waals surface area (Å²) in [6, 6.07) is 0. The second kappa shape index (κ2) is 6.85. The van der Waals surface area contributed by atoms with Gasteiger partial charge in [-0.2, -0.15) is 0 Å². The molecule has 0 aromatic heterocycles. The van der Waals surface area contributed by atoms with Crippen molar-refractivity contribution in [1.82, 2.24) is 0 Å². The Morgan fingerprint density at radius 2 is 2.18 bits per heavy atom. The number of hydrogen-bond acceptors (Lipinski definition) is 5. The van der Waals surface area contributed by atoms with Gasteiger partial charge < -0.3 is 9.84 Å². The molecule has 0 radical (unpaired) electrons. The van der Waals surface area contributed by atoms with Crippen molar-refractivity contribution in [2.45, 2.75) is 82.5 Å². The molecule has 3 aliphatic rings. The summed E-state index contributed by atoms with van der Waals surface area (Å²) in [5.41, 5.74) is -0.184. The van der Waals surface area contributed by atoms with Crippen molar-refractivity contribution in [3.05, 3.63) is 0 Å². The van der Waals surface area contributed by atoms with E-state index in [0.29, 0.717) is 19.4 Å². The highest BCUT2D eigenvalue weighted by atomic mass is 17.2. The van der Waals surface area contributed by atoms with Gasteiger partial charge in [-0.15, -0.1) is 0 Å². The molecule has 0 amide bonds. The van der Waals surface area contributed by atoms with Crippen molar-refractivity contribution in [3.63, 3.8) is 0 Å². The highest BCUT2D eigenvalue weighted by Crippen LogP contribution is 2.45. The first-order valence-electron chi connectivity index (χ1n) is 8.82. The van der Waals surface area contributed by atoms with Crippen LogP contribution in [-0.4, -0.2) is 35.5 Å². The summed E-state index contributed by atoms with van der Waals surface area (Å²) in [6.07, 6.45) is 7.95. The van der Waals surface area contributed by atoms with E-state index in [-0.39, 0.29) is 35.6 Å². The second-order valence-electron chi connectivity index (χ2n) is 7.20. The molecular weight excluding hydrogens is 284 g/mol. The van der Waals surface area contributed by atoms with Crippen molar-refractivity contribution in [2.75, 3.05) is 6.61 Å². The Morgan fingerprint density at radius 3 is 2.91 bits per heavy atom. The van der Waals surface area contributed by atoms with Crippen molar-refractivity contribution in [2.24, 2.45) is 11.8 Å². The fraction of sp³-hybridized carbons (Fsp3) is 0.941. The average molecular weight is 312 g/mol. The molecule has 1 N–H and O–H groups in total. The van der Waals surface area contributed by atoms with Crippen molar-refractivity contribution < 1.29 is 24.4 Å². The third-order valence-corrected chi connectivity index (χ3v) is 5.73. The molecule has 5 atom stereocenters. The number of aliphatic hydroxyl groups is 1. The lowest BCUT2D eigenvalue weighted by molar-refractivity contribution is -0.312. The van der Waals surface area contributed by atoms with Gasteiger partial charge in [-0.3, -0.25) is 4.79 Å². The maximum atomic E-state index is 11.5. The number of esters is 1. The number of rotatable bonds is 7. The minimum atomic E-state index is -0.349. The zero-order chi connectivity index (χ0) is 15.6. The number of carbonyl (C=O) groups is 1. The molecule has 2 saturated heterocycles. The molecule has 1 unspecified atom stereocenters. The Hall–Kier alpha value is -0.650. The van der Waals surface area contributed by atoms with E-state index >= 15 is 0 Å². The summed E-state index contributed by atoms with van der Waals surface area (Å²) in [7, 11) is 0. The molecular formula is C17H28O5. The third-order valence-electron chi connectivity index (χ3n) is 5.73. The van der Waals surface area contributed by atoms with E-state index in [4.69, 9.17) is 14.5 Å². The third kappa shape index (κ3) is 3.31. The van der Waals surface area contributed by atoms with E-state index in [1.807, 2.05) is 0 Å². The van der Waals surface area contributed by atoms with Crippen LogP contribution < -0.4 is 0 Å². The Bertz CT molecular complexity index is 391. The summed E-state index contributed by atoms with van der Waals surface area (Å²) >= 11 is 0. The van der Waals surface area contributed by atoms with Gasteiger partial charge in [-0.1, -0.05) is 26.2 Å². The van der Waals surface area contributed by atoms with E-state index in [1.54, 1.807) is 0 Å². The predicted molar refractivity (Wildman–Crippen MR) is 79.9 cm³/mol. The Kier molecular flexibility index (Phi) is 5.05. The number of unbranched alkanes of at least 4 members (excludes halogenated alkanes) is 2. The van der Waals surface area contributed by atoms with Gasteiger partial charge in [-0.05, 0) is 25.2 Å². The highest BCUT2D eigenvalue weighted by molar-refractivity contribution is 5.72.